The number of nitro benzene ring substituents is 1. The van der Waals surface area contributed by atoms with Crippen molar-refractivity contribution >= 4 is 34.1 Å². The second-order valence-electron chi connectivity index (χ2n) is 6.05. The van der Waals surface area contributed by atoms with Crippen molar-refractivity contribution in [3.63, 3.8) is 0 Å². The monoisotopic (exact) mass is 388 g/mol. The summed E-state index contributed by atoms with van der Waals surface area (Å²) < 4.78 is 6.77. The molecule has 29 heavy (non-hydrogen) atoms. The topological polar surface area (TPSA) is 107 Å². The van der Waals surface area contributed by atoms with Crippen molar-refractivity contribution in [1.82, 2.24) is 15.0 Å². The van der Waals surface area contributed by atoms with Gasteiger partial charge in [-0.25, -0.2) is 4.99 Å². The fourth-order valence-corrected chi connectivity index (χ4v) is 2.73. The molecular weight excluding hydrogens is 372 g/mol. The second kappa shape index (κ2) is 7.77. The molecule has 0 amide bonds. The van der Waals surface area contributed by atoms with Crippen molar-refractivity contribution in [1.29, 1.82) is 0 Å². The number of methoxy groups -OCH3 is 1. The number of nitro groups is 1. The number of para-hydroxylation sites is 1. The van der Waals surface area contributed by atoms with Crippen molar-refractivity contribution in [2.75, 3.05) is 12.4 Å². The van der Waals surface area contributed by atoms with Crippen molar-refractivity contribution in [2.45, 2.75) is 0 Å². The molecule has 0 atom stereocenters. The van der Waals surface area contributed by atoms with Gasteiger partial charge in [-0.1, -0.05) is 17.3 Å². The van der Waals surface area contributed by atoms with Crippen LogP contribution in [0.4, 0.5) is 17.1 Å². The zero-order valence-electron chi connectivity index (χ0n) is 15.4. The van der Waals surface area contributed by atoms with Crippen molar-refractivity contribution in [3.8, 4) is 5.75 Å². The van der Waals surface area contributed by atoms with Gasteiger partial charge >= 0.3 is 0 Å². The van der Waals surface area contributed by atoms with Gasteiger partial charge in [0.15, 0.2) is 0 Å². The molecule has 0 unspecified atom stereocenters. The standard InChI is InChI=1S/C20H16N6O3/c1-29-17-12-8-15(9-13-17)22-20(21-14-6-10-16(11-7-14)26(27)28)25-19-5-3-2-4-18(19)23-24-25/h2-13H,1H3,(H,21,22). The van der Waals surface area contributed by atoms with Crippen LogP contribution in [0.15, 0.2) is 77.8 Å². The van der Waals surface area contributed by atoms with E-state index in [2.05, 4.69) is 20.6 Å². The van der Waals surface area contributed by atoms with Crippen LogP contribution in [0.2, 0.25) is 0 Å². The minimum atomic E-state index is -0.449. The molecule has 1 N–H and O–H groups in total. The van der Waals surface area contributed by atoms with E-state index in [4.69, 9.17) is 4.74 Å². The lowest BCUT2D eigenvalue weighted by Gasteiger charge is -2.11. The number of non-ortho nitro benzene ring substituents is 1. The zero-order chi connectivity index (χ0) is 20.2. The maximum absolute atomic E-state index is 10.9. The van der Waals surface area contributed by atoms with Crippen LogP contribution in [-0.2, 0) is 0 Å². The van der Waals surface area contributed by atoms with Gasteiger partial charge in [0.25, 0.3) is 5.69 Å². The number of nitrogens with zero attached hydrogens (tertiary/aromatic N) is 5. The van der Waals surface area contributed by atoms with Gasteiger partial charge in [-0.15, -0.1) is 5.10 Å². The van der Waals surface area contributed by atoms with Crippen LogP contribution in [0.25, 0.3) is 11.0 Å². The van der Waals surface area contributed by atoms with Gasteiger partial charge in [0.1, 0.15) is 11.3 Å². The zero-order valence-corrected chi connectivity index (χ0v) is 15.4. The Hall–Kier alpha value is -4.27. The SMILES string of the molecule is COc1ccc(NC(=Nc2ccc([N+](=O)[O-])cc2)n2nnc3ccccc32)cc1. The first-order chi connectivity index (χ1) is 14.1. The first kappa shape index (κ1) is 18.1. The van der Waals surface area contributed by atoms with Crippen LogP contribution in [0.1, 0.15) is 0 Å². The normalized spacial score (nSPS) is 11.4. The van der Waals surface area contributed by atoms with Gasteiger partial charge in [0, 0.05) is 17.8 Å². The van der Waals surface area contributed by atoms with E-state index in [0.717, 1.165) is 22.5 Å². The van der Waals surface area contributed by atoms with E-state index in [9.17, 15) is 10.1 Å². The molecule has 0 saturated carbocycles. The summed E-state index contributed by atoms with van der Waals surface area (Å²) >= 11 is 0. The molecular formula is C20H16N6O3. The van der Waals surface area contributed by atoms with E-state index in [1.807, 2.05) is 48.5 Å². The Balaban J connectivity index is 1.76. The van der Waals surface area contributed by atoms with Gasteiger partial charge in [-0.3, -0.25) is 10.1 Å². The highest BCUT2D eigenvalue weighted by Crippen LogP contribution is 2.21. The molecule has 9 nitrogen and oxygen atoms in total. The molecule has 9 heteroatoms. The number of hydrogen-bond donors (Lipinski definition) is 1. The molecule has 0 aliphatic heterocycles. The highest BCUT2D eigenvalue weighted by molar-refractivity contribution is 6.00. The maximum atomic E-state index is 10.9. The van der Waals surface area contributed by atoms with E-state index in [-0.39, 0.29) is 5.69 Å². The van der Waals surface area contributed by atoms with Crippen LogP contribution in [0.5, 0.6) is 5.75 Å². The predicted octanol–water partition coefficient (Wildman–Crippen LogP) is 4.00. The van der Waals surface area contributed by atoms with E-state index >= 15 is 0 Å². The summed E-state index contributed by atoms with van der Waals surface area (Å²) in [6, 6.07) is 20.8. The third-order valence-corrected chi connectivity index (χ3v) is 4.19. The number of aliphatic imine (C=N–C) groups is 1. The quantitative estimate of drug-likeness (QED) is 0.245. The van der Waals surface area contributed by atoms with Gasteiger partial charge in [-0.2, -0.15) is 4.68 Å². The molecule has 0 spiro atoms. The molecule has 144 valence electrons. The van der Waals surface area contributed by atoms with Crippen LogP contribution in [-0.4, -0.2) is 33.0 Å². The van der Waals surface area contributed by atoms with Crippen molar-refractivity contribution in [3.05, 3.63) is 82.9 Å². The predicted molar refractivity (Wildman–Crippen MR) is 110 cm³/mol. The number of nitrogens with one attached hydrogen (secondary N) is 1. The Morgan fingerprint density at radius 3 is 2.48 bits per heavy atom. The molecule has 0 saturated heterocycles. The highest BCUT2D eigenvalue weighted by atomic mass is 16.6. The fourth-order valence-electron chi connectivity index (χ4n) is 2.73. The largest absolute Gasteiger partial charge is 0.497 e. The number of anilines is 1. The van der Waals surface area contributed by atoms with Gasteiger partial charge < -0.3 is 10.1 Å². The molecule has 0 aliphatic rings. The molecule has 0 aliphatic carbocycles. The Kier molecular flexibility index (Phi) is 4.85. The lowest BCUT2D eigenvalue weighted by molar-refractivity contribution is -0.384. The second-order valence-corrected chi connectivity index (χ2v) is 6.05. The molecule has 0 fully saturated rings. The first-order valence-electron chi connectivity index (χ1n) is 8.69. The summed E-state index contributed by atoms with van der Waals surface area (Å²) in [5, 5.41) is 22.5. The summed E-state index contributed by atoms with van der Waals surface area (Å²) in [6.45, 7) is 0. The van der Waals surface area contributed by atoms with Gasteiger partial charge in [0.05, 0.1) is 23.2 Å². The smallest absolute Gasteiger partial charge is 0.269 e. The summed E-state index contributed by atoms with van der Waals surface area (Å²) in [5.74, 6) is 1.13. The number of rotatable bonds is 4. The summed E-state index contributed by atoms with van der Waals surface area (Å²) in [4.78, 5) is 15.0. The first-order valence-corrected chi connectivity index (χ1v) is 8.69. The summed E-state index contributed by atoms with van der Waals surface area (Å²) in [5.41, 5.74) is 2.80. The molecule has 1 aromatic heterocycles. The van der Waals surface area contributed by atoms with Crippen LogP contribution in [0.3, 0.4) is 0 Å². The molecule has 3 aromatic carbocycles. The average Bonchev–Trinajstić information content (AvgIpc) is 3.18. The lowest BCUT2D eigenvalue weighted by atomic mass is 10.3. The highest BCUT2D eigenvalue weighted by Gasteiger charge is 2.12. The third kappa shape index (κ3) is 3.88. The minimum absolute atomic E-state index is 0.000167. The lowest BCUT2D eigenvalue weighted by Crippen LogP contribution is -2.23. The number of aromatic nitrogens is 3. The van der Waals surface area contributed by atoms with Gasteiger partial charge in [0.2, 0.25) is 5.96 Å². The fraction of sp³-hybridized carbons (Fsp3) is 0.0500. The summed E-state index contributed by atoms with van der Waals surface area (Å²) in [7, 11) is 1.60. The van der Waals surface area contributed by atoms with Crippen molar-refractivity contribution in [2.24, 2.45) is 4.99 Å². The number of benzene rings is 3. The molecule has 4 aromatic rings. The van der Waals surface area contributed by atoms with E-state index < -0.39 is 4.92 Å². The minimum Gasteiger partial charge on any atom is -0.497 e. The van der Waals surface area contributed by atoms with E-state index in [1.54, 1.807) is 23.9 Å². The number of fused-ring (bicyclic) bond motifs is 1. The van der Waals surface area contributed by atoms with Crippen LogP contribution < -0.4 is 10.1 Å². The van der Waals surface area contributed by atoms with E-state index in [1.165, 1.54) is 12.1 Å². The molecule has 0 bridgehead atoms. The summed E-state index contributed by atoms with van der Waals surface area (Å²) in [6.07, 6.45) is 0. The molecule has 4 rings (SSSR count). The van der Waals surface area contributed by atoms with Crippen LogP contribution in [0, 0.1) is 10.1 Å². The van der Waals surface area contributed by atoms with Gasteiger partial charge in [-0.05, 0) is 48.5 Å². The molecule has 1 heterocycles. The van der Waals surface area contributed by atoms with Crippen LogP contribution >= 0.6 is 0 Å². The third-order valence-electron chi connectivity index (χ3n) is 4.19. The average molecular weight is 388 g/mol. The van der Waals surface area contributed by atoms with Crippen molar-refractivity contribution < 1.29 is 9.66 Å². The molecule has 0 radical (unpaired) electrons. The number of ether oxygens (including phenoxy) is 1. The Labute approximate surface area is 165 Å². The number of hydrogen-bond acceptors (Lipinski definition) is 6. The maximum Gasteiger partial charge on any atom is 0.269 e. The Morgan fingerprint density at radius 1 is 1.07 bits per heavy atom. The Morgan fingerprint density at radius 2 is 1.79 bits per heavy atom. The van der Waals surface area contributed by atoms with E-state index in [0.29, 0.717) is 11.6 Å². The Bertz CT molecular complexity index is 1180.